The molecule has 0 unspecified atom stereocenters. The molecule has 0 aliphatic heterocycles. The van der Waals surface area contributed by atoms with E-state index >= 15 is 0 Å². The van der Waals surface area contributed by atoms with Crippen LogP contribution in [0.15, 0.2) is 18.2 Å². The second-order valence-corrected chi connectivity index (χ2v) is 4.60. The second-order valence-electron chi connectivity index (χ2n) is 3.44. The molecule has 0 aromatic heterocycles. The molecule has 1 rings (SSSR count). The molecule has 0 aliphatic rings. The van der Waals surface area contributed by atoms with Gasteiger partial charge in [0.1, 0.15) is 0 Å². The predicted octanol–water partition coefficient (Wildman–Crippen LogP) is 3.19. The van der Waals surface area contributed by atoms with Gasteiger partial charge in [0, 0.05) is 14.8 Å². The fourth-order valence-electron chi connectivity index (χ4n) is 1.24. The SMILES string of the molecule is Nc1ccc(C(O)(C(F)(F)F)C(F)(F)F)cc1I. The number of hydrogen-bond acceptors (Lipinski definition) is 2. The first kappa shape index (κ1) is 15.3. The van der Waals surface area contributed by atoms with E-state index in [0.717, 1.165) is 6.07 Å². The van der Waals surface area contributed by atoms with Crippen LogP contribution < -0.4 is 5.73 Å². The summed E-state index contributed by atoms with van der Waals surface area (Å²) >= 11 is 1.48. The first-order chi connectivity index (χ1) is 7.91. The van der Waals surface area contributed by atoms with Crippen LogP contribution in [0.25, 0.3) is 0 Å². The number of aliphatic hydroxyl groups is 1. The molecule has 0 spiro atoms. The van der Waals surface area contributed by atoms with Gasteiger partial charge < -0.3 is 10.8 Å². The molecular formula is C9H6F6INO. The highest BCUT2D eigenvalue weighted by molar-refractivity contribution is 14.1. The molecule has 102 valence electrons. The third-order valence-electron chi connectivity index (χ3n) is 2.24. The number of halogens is 7. The Morgan fingerprint density at radius 1 is 1.00 bits per heavy atom. The van der Waals surface area contributed by atoms with E-state index in [1.165, 1.54) is 22.6 Å². The Morgan fingerprint density at radius 2 is 1.44 bits per heavy atom. The van der Waals surface area contributed by atoms with Gasteiger partial charge in [0.2, 0.25) is 0 Å². The Labute approximate surface area is 111 Å². The lowest BCUT2D eigenvalue weighted by atomic mass is 9.92. The summed E-state index contributed by atoms with van der Waals surface area (Å²) in [7, 11) is 0. The standard InChI is InChI=1S/C9H6F6INO/c10-8(11,12)7(18,9(13,14)15)4-1-2-6(17)5(16)3-4/h1-3,18H,17H2. The summed E-state index contributed by atoms with van der Waals surface area (Å²) < 4.78 is 75.1. The number of rotatable bonds is 1. The highest BCUT2D eigenvalue weighted by Crippen LogP contribution is 2.50. The van der Waals surface area contributed by atoms with Crippen LogP contribution >= 0.6 is 22.6 Å². The largest absolute Gasteiger partial charge is 0.430 e. The molecule has 0 atom stereocenters. The molecule has 0 amide bonds. The third-order valence-corrected chi connectivity index (χ3v) is 3.17. The van der Waals surface area contributed by atoms with Crippen LogP contribution in [0.2, 0.25) is 0 Å². The van der Waals surface area contributed by atoms with Crippen molar-refractivity contribution in [2.75, 3.05) is 5.73 Å². The molecular weight excluding hydrogens is 379 g/mol. The summed E-state index contributed by atoms with van der Waals surface area (Å²) in [5.74, 6) is 0. The molecule has 18 heavy (non-hydrogen) atoms. The minimum Gasteiger partial charge on any atom is -0.398 e. The lowest BCUT2D eigenvalue weighted by Crippen LogP contribution is -2.53. The van der Waals surface area contributed by atoms with Crippen LogP contribution in [-0.4, -0.2) is 17.5 Å². The molecule has 1 aromatic carbocycles. The number of benzene rings is 1. The van der Waals surface area contributed by atoms with Gasteiger partial charge in [-0.2, -0.15) is 26.3 Å². The van der Waals surface area contributed by atoms with Crippen LogP contribution in [-0.2, 0) is 5.60 Å². The number of nitrogens with two attached hydrogens (primary N) is 1. The Hall–Kier alpha value is -0.710. The summed E-state index contributed by atoms with van der Waals surface area (Å²) in [4.78, 5) is 0. The van der Waals surface area contributed by atoms with Crippen molar-refractivity contribution < 1.29 is 31.4 Å². The van der Waals surface area contributed by atoms with Crippen molar-refractivity contribution >= 4 is 28.3 Å². The van der Waals surface area contributed by atoms with E-state index in [1.54, 1.807) is 0 Å². The van der Waals surface area contributed by atoms with Crippen molar-refractivity contribution in [2.45, 2.75) is 18.0 Å². The molecule has 3 N–H and O–H groups in total. The van der Waals surface area contributed by atoms with Gasteiger partial charge >= 0.3 is 12.4 Å². The van der Waals surface area contributed by atoms with E-state index in [4.69, 9.17) is 10.8 Å². The minimum absolute atomic E-state index is 0.0166. The highest BCUT2D eigenvalue weighted by atomic mass is 127. The van der Waals surface area contributed by atoms with Gasteiger partial charge in [-0.3, -0.25) is 0 Å². The summed E-state index contributed by atoms with van der Waals surface area (Å²) in [6.45, 7) is 0. The number of nitrogen functional groups attached to an aromatic ring is 1. The number of hydrogen-bond donors (Lipinski definition) is 2. The van der Waals surface area contributed by atoms with Crippen molar-refractivity contribution in [3.8, 4) is 0 Å². The van der Waals surface area contributed by atoms with Crippen molar-refractivity contribution in [1.29, 1.82) is 0 Å². The zero-order valence-corrected chi connectivity index (χ0v) is 10.6. The molecule has 0 fully saturated rings. The van der Waals surface area contributed by atoms with E-state index in [-0.39, 0.29) is 9.26 Å². The maximum Gasteiger partial charge on any atom is 0.430 e. The summed E-state index contributed by atoms with van der Waals surface area (Å²) in [6, 6.07) is 1.93. The predicted molar refractivity (Wildman–Crippen MR) is 59.6 cm³/mol. The van der Waals surface area contributed by atoms with Gasteiger partial charge in [-0.15, -0.1) is 0 Å². The first-order valence-electron chi connectivity index (χ1n) is 4.32. The lowest BCUT2D eigenvalue weighted by Gasteiger charge is -2.32. The summed E-state index contributed by atoms with van der Waals surface area (Å²) in [5.41, 5.74) is -0.910. The summed E-state index contributed by atoms with van der Waals surface area (Å²) in [6.07, 6.45) is -11.8. The second kappa shape index (κ2) is 4.44. The van der Waals surface area contributed by atoms with Crippen molar-refractivity contribution in [1.82, 2.24) is 0 Å². The van der Waals surface area contributed by atoms with Gasteiger partial charge in [0.05, 0.1) is 0 Å². The van der Waals surface area contributed by atoms with Gasteiger partial charge in [-0.05, 0) is 34.7 Å². The number of alkyl halides is 6. The van der Waals surface area contributed by atoms with Gasteiger partial charge in [0.25, 0.3) is 5.60 Å². The Morgan fingerprint density at radius 3 is 1.78 bits per heavy atom. The maximum absolute atomic E-state index is 12.5. The van der Waals surface area contributed by atoms with Gasteiger partial charge in [-0.25, -0.2) is 0 Å². The van der Waals surface area contributed by atoms with E-state index in [0.29, 0.717) is 12.1 Å². The third kappa shape index (κ3) is 2.37. The molecule has 0 saturated heterocycles. The van der Waals surface area contributed by atoms with E-state index in [9.17, 15) is 26.3 Å². The van der Waals surface area contributed by atoms with Crippen LogP contribution in [0.3, 0.4) is 0 Å². The van der Waals surface area contributed by atoms with Crippen molar-refractivity contribution in [3.63, 3.8) is 0 Å². The van der Waals surface area contributed by atoms with Crippen LogP contribution in [0, 0.1) is 3.57 Å². The molecule has 9 heteroatoms. The van der Waals surface area contributed by atoms with Crippen molar-refractivity contribution in [3.05, 3.63) is 27.3 Å². The van der Waals surface area contributed by atoms with E-state index in [1.807, 2.05) is 0 Å². The quantitative estimate of drug-likeness (QED) is 0.443. The highest BCUT2D eigenvalue weighted by Gasteiger charge is 2.71. The Bertz CT molecular complexity index is 441. The van der Waals surface area contributed by atoms with Crippen LogP contribution in [0.1, 0.15) is 5.56 Å². The fourth-order valence-corrected chi connectivity index (χ4v) is 1.76. The number of anilines is 1. The molecule has 0 saturated carbocycles. The van der Waals surface area contributed by atoms with E-state index in [2.05, 4.69) is 0 Å². The fraction of sp³-hybridized carbons (Fsp3) is 0.333. The normalized spacial score (nSPS) is 13.8. The minimum atomic E-state index is -5.88. The van der Waals surface area contributed by atoms with Gasteiger partial charge in [0.15, 0.2) is 0 Å². The van der Waals surface area contributed by atoms with Crippen molar-refractivity contribution in [2.24, 2.45) is 0 Å². The molecule has 0 aliphatic carbocycles. The summed E-state index contributed by atoms with van der Waals surface area (Å²) in [5, 5.41) is 9.08. The molecule has 0 radical (unpaired) electrons. The zero-order valence-electron chi connectivity index (χ0n) is 8.40. The van der Waals surface area contributed by atoms with Gasteiger partial charge in [-0.1, -0.05) is 6.07 Å². The average Bonchev–Trinajstić information content (AvgIpc) is 2.17. The van der Waals surface area contributed by atoms with Crippen LogP contribution in [0.4, 0.5) is 32.0 Å². The smallest absolute Gasteiger partial charge is 0.398 e. The maximum atomic E-state index is 12.5. The molecule has 0 heterocycles. The first-order valence-corrected chi connectivity index (χ1v) is 5.40. The average molecular weight is 385 g/mol. The monoisotopic (exact) mass is 385 g/mol. The molecule has 2 nitrogen and oxygen atoms in total. The van der Waals surface area contributed by atoms with E-state index < -0.39 is 23.5 Å². The molecule has 1 aromatic rings. The molecule has 0 bridgehead atoms. The zero-order chi connectivity index (χ0) is 14.4. The topological polar surface area (TPSA) is 46.2 Å². The Balaban J connectivity index is 3.51. The lowest BCUT2D eigenvalue weighted by molar-refractivity contribution is -0.376. The Kier molecular flexibility index (Phi) is 3.79. The van der Waals surface area contributed by atoms with Crippen LogP contribution in [0.5, 0.6) is 0 Å².